The summed E-state index contributed by atoms with van der Waals surface area (Å²) in [7, 11) is -2.80. The Bertz CT molecular complexity index is 510. The Labute approximate surface area is 111 Å². The molecule has 1 aromatic carbocycles. The molecule has 1 heterocycles. The first kappa shape index (κ1) is 13.8. The predicted octanol–water partition coefficient (Wildman–Crippen LogP) is 1.35. The summed E-state index contributed by atoms with van der Waals surface area (Å²) in [5, 5.41) is 8.79. The van der Waals surface area contributed by atoms with E-state index in [-0.39, 0.29) is 46.7 Å². The average Bonchev–Trinajstić information content (AvgIpc) is 2.38. The predicted molar refractivity (Wildman–Crippen MR) is 68.2 cm³/mol. The van der Waals surface area contributed by atoms with Gasteiger partial charge in [-0.1, -0.05) is 6.07 Å². The maximum Gasteiger partial charge on any atom is 0.317 e. The second-order valence-electron chi connectivity index (χ2n) is 4.30. The molecule has 104 valence electrons. The second-order valence-corrected chi connectivity index (χ2v) is 6.66. The maximum atomic E-state index is 12.1. The van der Waals surface area contributed by atoms with Crippen molar-refractivity contribution in [1.29, 1.82) is 0 Å². The lowest BCUT2D eigenvalue weighted by atomic mass is 10.1. The monoisotopic (exact) mass is 286 g/mol. The molecule has 1 amide bonds. The van der Waals surface area contributed by atoms with Crippen molar-refractivity contribution in [2.45, 2.75) is 0 Å². The Morgan fingerprint density at radius 1 is 1.37 bits per heavy atom. The highest BCUT2D eigenvalue weighted by Crippen LogP contribution is 2.40. The summed E-state index contributed by atoms with van der Waals surface area (Å²) in [6.45, 7) is 0.414. The van der Waals surface area contributed by atoms with Crippen molar-refractivity contribution < 1.29 is 24.0 Å². The average molecular weight is 286 g/mol. The van der Waals surface area contributed by atoms with Gasteiger partial charge in [-0.05, 0) is 6.07 Å². The van der Waals surface area contributed by atoms with Crippen molar-refractivity contribution in [2.24, 2.45) is 0 Å². The van der Waals surface area contributed by atoms with Gasteiger partial charge in [0.15, 0.2) is 0 Å². The molecule has 1 aromatic rings. The smallest absolute Gasteiger partial charge is 0.317 e. The van der Waals surface area contributed by atoms with E-state index in [1.54, 1.807) is 0 Å². The summed E-state index contributed by atoms with van der Waals surface area (Å²) in [4.78, 5) is 24.0. The lowest BCUT2D eigenvalue weighted by Gasteiger charge is -2.51. The normalized spacial score (nSPS) is 19.8. The Balaban J connectivity index is 2.12. The van der Waals surface area contributed by atoms with Gasteiger partial charge < -0.3 is 24.6 Å². The standard InChI is InChI=1S/C11H14N2O5S/c14-11(12-4-6-19(17,18)7-5-12)9-2-1-3-10(8-9)13(15)16/h1-3,8H,4-7H2,(H2-,15,16,17,18). The Kier molecular flexibility index (Phi) is 3.74. The Hall–Kier alpha value is -1.64. The van der Waals surface area contributed by atoms with Crippen molar-refractivity contribution in [1.82, 2.24) is 4.90 Å². The van der Waals surface area contributed by atoms with Gasteiger partial charge in [-0.15, -0.1) is 0 Å². The zero-order valence-corrected chi connectivity index (χ0v) is 10.9. The van der Waals surface area contributed by atoms with Crippen LogP contribution in [-0.2, 0) is 0 Å². The fourth-order valence-corrected chi connectivity index (χ4v) is 3.08. The third-order valence-corrected chi connectivity index (χ3v) is 4.60. The van der Waals surface area contributed by atoms with Crippen molar-refractivity contribution in [2.75, 3.05) is 24.6 Å². The van der Waals surface area contributed by atoms with Crippen LogP contribution in [0, 0.1) is 4.91 Å². The van der Waals surface area contributed by atoms with Crippen LogP contribution in [0.25, 0.3) is 0 Å². The van der Waals surface area contributed by atoms with Gasteiger partial charge in [0, 0.05) is 42.3 Å². The first-order valence-corrected chi connectivity index (χ1v) is 7.52. The molecule has 0 aliphatic carbocycles. The molecule has 1 fully saturated rings. The molecule has 1 aliphatic rings. The zero-order chi connectivity index (χ0) is 14.0. The summed E-state index contributed by atoms with van der Waals surface area (Å²) in [5.74, 6) is -0.198. The molecular formula is C11H14N2O5S. The third kappa shape index (κ3) is 3.22. The van der Waals surface area contributed by atoms with Crippen LogP contribution in [0.1, 0.15) is 10.4 Å². The maximum absolute atomic E-state index is 12.1. The second kappa shape index (κ2) is 5.16. The van der Waals surface area contributed by atoms with Crippen LogP contribution < -0.4 is 0 Å². The first-order valence-electron chi connectivity index (χ1n) is 5.66. The molecule has 0 unspecified atom stereocenters. The fraction of sp³-hybridized carbons (Fsp3) is 0.364. The van der Waals surface area contributed by atoms with Crippen molar-refractivity contribution in [3.05, 3.63) is 34.7 Å². The van der Waals surface area contributed by atoms with E-state index in [4.69, 9.17) is 5.21 Å². The van der Waals surface area contributed by atoms with Crippen molar-refractivity contribution >= 4 is 22.2 Å². The van der Waals surface area contributed by atoms with Crippen LogP contribution in [0.15, 0.2) is 24.3 Å². The molecule has 2 rings (SSSR count). The van der Waals surface area contributed by atoms with Crippen LogP contribution in [0.5, 0.6) is 0 Å². The van der Waals surface area contributed by atoms with E-state index >= 15 is 0 Å². The van der Waals surface area contributed by atoms with Gasteiger partial charge in [-0.2, -0.15) is 0 Å². The van der Waals surface area contributed by atoms with E-state index in [2.05, 4.69) is 0 Å². The largest absolute Gasteiger partial charge is 0.768 e. The van der Waals surface area contributed by atoms with E-state index in [1.165, 1.54) is 29.2 Å². The van der Waals surface area contributed by atoms with E-state index in [9.17, 15) is 18.8 Å². The molecule has 0 radical (unpaired) electrons. The van der Waals surface area contributed by atoms with Gasteiger partial charge in [0.2, 0.25) is 0 Å². The van der Waals surface area contributed by atoms with Crippen molar-refractivity contribution in [3.63, 3.8) is 0 Å². The van der Waals surface area contributed by atoms with Crippen LogP contribution in [0.4, 0.5) is 5.69 Å². The van der Waals surface area contributed by atoms with Gasteiger partial charge >= 0.3 is 5.69 Å². The molecule has 0 aromatic heterocycles. The van der Waals surface area contributed by atoms with E-state index in [0.717, 1.165) is 0 Å². The minimum Gasteiger partial charge on any atom is -0.768 e. The van der Waals surface area contributed by atoms with Crippen LogP contribution in [-0.4, -0.2) is 54.6 Å². The molecule has 0 spiro atoms. The Morgan fingerprint density at radius 2 is 2.00 bits per heavy atom. The highest BCUT2D eigenvalue weighted by atomic mass is 32.3. The molecule has 7 nitrogen and oxygen atoms in total. The number of carbonyl (C=O) groups excluding carboxylic acids is 1. The van der Waals surface area contributed by atoms with Crippen LogP contribution in [0.2, 0.25) is 0 Å². The SMILES string of the molecule is O=C(c1cccc([N+](=O)O)c1)N1CCS([O-])(O)CC1. The fourth-order valence-electron chi connectivity index (χ4n) is 1.86. The van der Waals surface area contributed by atoms with Crippen molar-refractivity contribution in [3.8, 4) is 0 Å². The molecule has 0 bridgehead atoms. The molecule has 19 heavy (non-hydrogen) atoms. The highest BCUT2D eigenvalue weighted by Gasteiger charge is 2.24. The van der Waals surface area contributed by atoms with Gasteiger partial charge in [0.1, 0.15) is 0 Å². The molecule has 0 atom stereocenters. The summed E-state index contributed by atoms with van der Waals surface area (Å²) < 4.78 is 20.8. The quantitative estimate of drug-likeness (QED) is 0.799. The Morgan fingerprint density at radius 3 is 2.58 bits per heavy atom. The number of carbonyl (C=O) groups is 1. The van der Waals surface area contributed by atoms with Crippen LogP contribution >= 0.6 is 10.6 Å². The lowest BCUT2D eigenvalue weighted by molar-refractivity contribution is -0.729. The first-order chi connectivity index (χ1) is 8.89. The lowest BCUT2D eigenvalue weighted by Crippen LogP contribution is -2.42. The minimum absolute atomic E-state index is 0.0335. The third-order valence-electron chi connectivity index (χ3n) is 2.96. The van der Waals surface area contributed by atoms with E-state index in [1.807, 2.05) is 0 Å². The summed E-state index contributed by atoms with van der Waals surface area (Å²) in [5.41, 5.74) is 0.229. The number of benzene rings is 1. The summed E-state index contributed by atoms with van der Waals surface area (Å²) in [6.07, 6.45) is 0. The van der Waals surface area contributed by atoms with Gasteiger partial charge in [-0.25, -0.2) is 5.21 Å². The van der Waals surface area contributed by atoms with E-state index in [0.29, 0.717) is 0 Å². The van der Waals surface area contributed by atoms with E-state index < -0.39 is 10.6 Å². The number of amides is 1. The van der Waals surface area contributed by atoms with Gasteiger partial charge in [-0.3, -0.25) is 4.79 Å². The molecule has 0 saturated carbocycles. The molecule has 8 heteroatoms. The molecular weight excluding hydrogens is 272 g/mol. The number of hydrogen-bond acceptors (Lipinski definition) is 4. The topological polar surface area (TPSA) is 104 Å². The van der Waals surface area contributed by atoms with Gasteiger partial charge in [0.25, 0.3) is 10.8 Å². The van der Waals surface area contributed by atoms with Crippen LogP contribution in [0.3, 0.4) is 0 Å². The molecule has 2 N–H and O–H groups in total. The summed E-state index contributed by atoms with van der Waals surface area (Å²) >= 11 is 0. The minimum atomic E-state index is -2.80. The number of rotatable bonds is 2. The zero-order valence-electron chi connectivity index (χ0n) is 10.1. The molecule has 1 aliphatic heterocycles. The number of hydrogen-bond donors (Lipinski definition) is 2. The highest BCUT2D eigenvalue weighted by molar-refractivity contribution is 8.24. The molecule has 1 saturated heterocycles. The number of nitrogens with zero attached hydrogens (tertiary/aromatic N) is 2. The summed E-state index contributed by atoms with van der Waals surface area (Å²) in [6, 6.07) is 5.67. The van der Waals surface area contributed by atoms with Gasteiger partial charge in [0.05, 0.1) is 4.91 Å².